The molecule has 0 atom stereocenters. The number of rotatable bonds is 3. The molecule has 0 saturated carbocycles. The van der Waals surface area contributed by atoms with Crippen molar-refractivity contribution in [1.29, 1.82) is 0 Å². The molecule has 0 bridgehead atoms. The molecule has 0 aliphatic carbocycles. The number of hydrogen-bond donors (Lipinski definition) is 1. The maximum absolute atomic E-state index is 13.5. The zero-order valence-electron chi connectivity index (χ0n) is 9.60. The van der Waals surface area contributed by atoms with Crippen LogP contribution in [0.25, 0.3) is 0 Å². The molecule has 3 nitrogen and oxygen atoms in total. The molecule has 88 valence electrons. The van der Waals surface area contributed by atoms with Gasteiger partial charge >= 0.3 is 0 Å². The molecule has 0 saturated heterocycles. The molecule has 2 N–H and O–H groups in total. The van der Waals surface area contributed by atoms with Gasteiger partial charge < -0.3 is 10.6 Å². The molecule has 1 aromatic carbocycles. The Morgan fingerprint density at radius 3 is 2.76 bits per heavy atom. The van der Waals surface area contributed by atoms with Gasteiger partial charge in [-0.1, -0.05) is 12.1 Å². The number of para-hydroxylation sites is 1. The fraction of sp³-hybridized carbons (Fsp3) is 0.154. The van der Waals surface area contributed by atoms with Crippen LogP contribution in [0.15, 0.2) is 42.6 Å². The highest BCUT2D eigenvalue weighted by molar-refractivity contribution is 5.47. The number of nitrogens with zero attached hydrogens (tertiary/aromatic N) is 2. The number of aromatic nitrogens is 1. The molecule has 0 spiro atoms. The Morgan fingerprint density at radius 2 is 2.06 bits per heavy atom. The van der Waals surface area contributed by atoms with Crippen LogP contribution in [-0.4, -0.2) is 12.0 Å². The Hall–Kier alpha value is -2.10. The predicted octanol–water partition coefficient (Wildman–Crippen LogP) is 2.44. The van der Waals surface area contributed by atoms with E-state index in [1.165, 1.54) is 6.07 Å². The summed E-state index contributed by atoms with van der Waals surface area (Å²) < 4.78 is 13.5. The summed E-state index contributed by atoms with van der Waals surface area (Å²) in [6.07, 6.45) is 1.65. The quantitative estimate of drug-likeness (QED) is 0.882. The third-order valence-corrected chi connectivity index (χ3v) is 2.50. The first kappa shape index (κ1) is 11.4. The fourth-order valence-corrected chi connectivity index (χ4v) is 1.67. The summed E-state index contributed by atoms with van der Waals surface area (Å²) >= 11 is 0. The number of nitrogens with two attached hydrogens (primary N) is 1. The molecular weight excluding hydrogens is 217 g/mol. The largest absolute Gasteiger partial charge is 0.399 e. The standard InChI is InChI=1S/C13H14FN3/c1-17(13-5-3-2-4-12(13)14)9-11-8-10(15)6-7-16-11/h2-8H,9H2,1H3,(H2,15,16). The number of anilines is 2. The van der Waals surface area contributed by atoms with Crippen LogP contribution in [0.4, 0.5) is 15.8 Å². The van der Waals surface area contributed by atoms with Gasteiger partial charge in [0.05, 0.1) is 17.9 Å². The van der Waals surface area contributed by atoms with Crippen LogP contribution in [0.5, 0.6) is 0 Å². The zero-order chi connectivity index (χ0) is 12.3. The summed E-state index contributed by atoms with van der Waals surface area (Å²) in [5.74, 6) is -0.237. The fourth-order valence-electron chi connectivity index (χ4n) is 1.67. The molecular formula is C13H14FN3. The van der Waals surface area contributed by atoms with Crippen molar-refractivity contribution in [2.45, 2.75) is 6.54 Å². The average Bonchev–Trinajstić information content (AvgIpc) is 2.29. The van der Waals surface area contributed by atoms with Gasteiger partial charge in [0.15, 0.2) is 0 Å². The molecule has 2 aromatic rings. The van der Waals surface area contributed by atoms with Crippen molar-refractivity contribution < 1.29 is 4.39 Å². The van der Waals surface area contributed by atoms with Gasteiger partial charge in [0, 0.05) is 18.9 Å². The number of pyridine rings is 1. The Morgan fingerprint density at radius 1 is 1.29 bits per heavy atom. The normalized spacial score (nSPS) is 10.2. The second-order valence-corrected chi connectivity index (χ2v) is 3.89. The first-order valence-corrected chi connectivity index (χ1v) is 5.33. The summed E-state index contributed by atoms with van der Waals surface area (Å²) in [4.78, 5) is 5.99. The minimum absolute atomic E-state index is 0.237. The Bertz CT molecular complexity index is 514. The van der Waals surface area contributed by atoms with Crippen molar-refractivity contribution in [3.63, 3.8) is 0 Å². The lowest BCUT2D eigenvalue weighted by molar-refractivity contribution is 0.622. The van der Waals surface area contributed by atoms with Gasteiger partial charge in [0.25, 0.3) is 0 Å². The lowest BCUT2D eigenvalue weighted by atomic mass is 10.2. The summed E-state index contributed by atoms with van der Waals surface area (Å²) in [6, 6.07) is 10.2. The minimum Gasteiger partial charge on any atom is -0.399 e. The molecule has 0 aliphatic heterocycles. The Kier molecular flexibility index (Phi) is 3.23. The molecule has 0 fully saturated rings. The van der Waals surface area contributed by atoms with E-state index < -0.39 is 0 Å². The highest BCUT2D eigenvalue weighted by Gasteiger charge is 2.07. The highest BCUT2D eigenvalue weighted by atomic mass is 19.1. The smallest absolute Gasteiger partial charge is 0.146 e. The van der Waals surface area contributed by atoms with E-state index in [4.69, 9.17) is 5.73 Å². The van der Waals surface area contributed by atoms with Crippen LogP contribution in [0, 0.1) is 5.82 Å². The van der Waals surface area contributed by atoms with E-state index in [-0.39, 0.29) is 5.82 Å². The van der Waals surface area contributed by atoms with E-state index in [0.717, 1.165) is 5.69 Å². The Balaban J connectivity index is 2.17. The monoisotopic (exact) mass is 231 g/mol. The molecule has 0 amide bonds. The van der Waals surface area contributed by atoms with Gasteiger partial charge in [-0.25, -0.2) is 4.39 Å². The number of hydrogen-bond acceptors (Lipinski definition) is 3. The molecule has 0 aliphatic rings. The van der Waals surface area contributed by atoms with Crippen LogP contribution in [-0.2, 0) is 6.54 Å². The van der Waals surface area contributed by atoms with E-state index >= 15 is 0 Å². The SMILES string of the molecule is CN(Cc1cc(N)ccn1)c1ccccc1F. The molecule has 1 aromatic heterocycles. The third kappa shape index (κ3) is 2.72. The summed E-state index contributed by atoms with van der Waals surface area (Å²) in [7, 11) is 1.82. The van der Waals surface area contributed by atoms with Crippen LogP contribution in [0.3, 0.4) is 0 Å². The maximum Gasteiger partial charge on any atom is 0.146 e. The lowest BCUT2D eigenvalue weighted by Crippen LogP contribution is -2.18. The first-order chi connectivity index (χ1) is 8.16. The average molecular weight is 231 g/mol. The van der Waals surface area contributed by atoms with Crippen LogP contribution < -0.4 is 10.6 Å². The van der Waals surface area contributed by atoms with Gasteiger partial charge in [-0.05, 0) is 24.3 Å². The predicted molar refractivity (Wildman–Crippen MR) is 67.2 cm³/mol. The van der Waals surface area contributed by atoms with Gasteiger partial charge in [-0.3, -0.25) is 4.98 Å². The number of halogens is 1. The van der Waals surface area contributed by atoms with Crippen molar-refractivity contribution in [2.24, 2.45) is 0 Å². The number of benzene rings is 1. The first-order valence-electron chi connectivity index (χ1n) is 5.33. The summed E-state index contributed by atoms with van der Waals surface area (Å²) in [5.41, 5.74) is 7.70. The van der Waals surface area contributed by atoms with Gasteiger partial charge in [-0.2, -0.15) is 0 Å². The van der Waals surface area contributed by atoms with Crippen LogP contribution in [0.2, 0.25) is 0 Å². The van der Waals surface area contributed by atoms with E-state index in [2.05, 4.69) is 4.98 Å². The second-order valence-electron chi connectivity index (χ2n) is 3.89. The summed E-state index contributed by atoms with van der Waals surface area (Å²) in [5, 5.41) is 0. The summed E-state index contributed by atoms with van der Waals surface area (Å²) in [6.45, 7) is 0.520. The Labute approximate surface area is 99.7 Å². The van der Waals surface area contributed by atoms with E-state index in [1.54, 1.807) is 35.4 Å². The molecule has 4 heteroatoms. The van der Waals surface area contributed by atoms with Gasteiger partial charge in [0.1, 0.15) is 5.82 Å². The zero-order valence-corrected chi connectivity index (χ0v) is 9.60. The van der Waals surface area contributed by atoms with E-state index in [1.807, 2.05) is 13.1 Å². The maximum atomic E-state index is 13.5. The van der Waals surface area contributed by atoms with Crippen molar-refractivity contribution in [1.82, 2.24) is 4.98 Å². The van der Waals surface area contributed by atoms with Gasteiger partial charge in [-0.15, -0.1) is 0 Å². The van der Waals surface area contributed by atoms with Crippen molar-refractivity contribution in [3.05, 3.63) is 54.1 Å². The second kappa shape index (κ2) is 4.82. The van der Waals surface area contributed by atoms with Crippen LogP contribution in [0.1, 0.15) is 5.69 Å². The number of nitrogen functional groups attached to an aromatic ring is 1. The third-order valence-electron chi connectivity index (χ3n) is 2.50. The van der Waals surface area contributed by atoms with Crippen molar-refractivity contribution in [3.8, 4) is 0 Å². The van der Waals surface area contributed by atoms with E-state index in [9.17, 15) is 4.39 Å². The molecule has 17 heavy (non-hydrogen) atoms. The topological polar surface area (TPSA) is 42.1 Å². The van der Waals surface area contributed by atoms with Crippen molar-refractivity contribution in [2.75, 3.05) is 17.7 Å². The van der Waals surface area contributed by atoms with E-state index in [0.29, 0.717) is 17.9 Å². The molecule has 0 unspecified atom stereocenters. The van der Waals surface area contributed by atoms with Gasteiger partial charge in [0.2, 0.25) is 0 Å². The lowest BCUT2D eigenvalue weighted by Gasteiger charge is -2.19. The molecule has 0 radical (unpaired) electrons. The van der Waals surface area contributed by atoms with Crippen LogP contribution >= 0.6 is 0 Å². The minimum atomic E-state index is -0.237. The molecule has 1 heterocycles. The highest BCUT2D eigenvalue weighted by Crippen LogP contribution is 2.18. The van der Waals surface area contributed by atoms with Crippen molar-refractivity contribution >= 4 is 11.4 Å². The molecule has 2 rings (SSSR count).